The minimum atomic E-state index is -1.42. The Labute approximate surface area is 108 Å². The van der Waals surface area contributed by atoms with Crippen LogP contribution in [0.3, 0.4) is 0 Å². The molecule has 19 heavy (non-hydrogen) atoms. The van der Waals surface area contributed by atoms with Gasteiger partial charge in [0.1, 0.15) is 11.9 Å². The molecular weight excluding hydrogens is 254 g/mol. The van der Waals surface area contributed by atoms with E-state index in [1.165, 1.54) is 19.2 Å². The average molecular weight is 267 g/mol. The number of aliphatic carboxylic acids is 1. The van der Waals surface area contributed by atoms with E-state index in [2.05, 4.69) is 4.98 Å². The molecule has 0 aliphatic heterocycles. The quantitative estimate of drug-likeness (QED) is 0.452. The monoisotopic (exact) mass is 267 g/mol. The average Bonchev–Trinajstić information content (AvgIpc) is 2.77. The van der Waals surface area contributed by atoms with E-state index in [1.54, 1.807) is 0 Å². The van der Waals surface area contributed by atoms with Crippen LogP contribution in [0.5, 0.6) is 0 Å². The molecule has 8 heteroatoms. The van der Waals surface area contributed by atoms with Gasteiger partial charge in [-0.3, -0.25) is 19.3 Å². The molecule has 0 fully saturated rings. The van der Waals surface area contributed by atoms with E-state index < -0.39 is 24.3 Å². The minimum Gasteiger partial charge on any atom is -0.480 e. The molecule has 4 N–H and O–H groups in total. The molecule has 0 bridgehead atoms. The fraction of sp³-hybridized carbons (Fsp3) is 0.273. The first kappa shape index (κ1) is 14.4. The van der Waals surface area contributed by atoms with Gasteiger partial charge in [0.05, 0.1) is 6.42 Å². The zero-order chi connectivity index (χ0) is 14.6. The number of rotatable bonds is 7. The van der Waals surface area contributed by atoms with Gasteiger partial charge in [-0.25, -0.2) is 4.79 Å². The van der Waals surface area contributed by atoms with Crippen LogP contribution in [0.15, 0.2) is 12.3 Å². The lowest BCUT2D eigenvalue weighted by molar-refractivity contribution is -0.141. The molecule has 102 valence electrons. The number of carbonyl (C=O) groups excluding carboxylic acids is 3. The van der Waals surface area contributed by atoms with Gasteiger partial charge in [-0.15, -0.1) is 0 Å². The van der Waals surface area contributed by atoms with E-state index in [0.29, 0.717) is 5.56 Å². The summed E-state index contributed by atoms with van der Waals surface area (Å²) in [5, 5.41) is 9.01. The molecule has 1 aromatic rings. The van der Waals surface area contributed by atoms with Crippen LogP contribution < -0.4 is 10.6 Å². The van der Waals surface area contributed by atoms with E-state index >= 15 is 0 Å². The number of hydrogen-bond donors (Lipinski definition) is 3. The Morgan fingerprint density at radius 1 is 1.53 bits per heavy atom. The zero-order valence-corrected chi connectivity index (χ0v) is 10.1. The summed E-state index contributed by atoms with van der Waals surface area (Å²) in [6.07, 6.45) is 1.08. The highest BCUT2D eigenvalue weighted by Crippen LogP contribution is 2.17. The van der Waals surface area contributed by atoms with Crippen LogP contribution in [0.2, 0.25) is 0 Å². The molecule has 0 aromatic carbocycles. The van der Waals surface area contributed by atoms with Crippen molar-refractivity contribution >= 4 is 29.9 Å². The lowest BCUT2D eigenvalue weighted by Crippen LogP contribution is -2.43. The van der Waals surface area contributed by atoms with E-state index in [9.17, 15) is 19.2 Å². The molecule has 1 atom stereocenters. The molecule has 0 aliphatic carbocycles. The van der Waals surface area contributed by atoms with Crippen molar-refractivity contribution in [3.63, 3.8) is 0 Å². The van der Waals surface area contributed by atoms with Crippen molar-refractivity contribution in [1.82, 2.24) is 4.98 Å². The number of nitrogens with zero attached hydrogens (tertiary/aromatic N) is 1. The summed E-state index contributed by atoms with van der Waals surface area (Å²) >= 11 is 0. The number of carboxylic acids is 1. The van der Waals surface area contributed by atoms with E-state index in [0.717, 1.165) is 4.90 Å². The Kier molecular flexibility index (Phi) is 4.41. The van der Waals surface area contributed by atoms with Gasteiger partial charge in [-0.1, -0.05) is 0 Å². The van der Waals surface area contributed by atoms with Gasteiger partial charge in [-0.05, 0) is 13.0 Å². The van der Waals surface area contributed by atoms with Gasteiger partial charge in [0, 0.05) is 11.8 Å². The molecular formula is C11H13N3O5. The first-order valence-corrected chi connectivity index (χ1v) is 5.31. The summed E-state index contributed by atoms with van der Waals surface area (Å²) in [7, 11) is 0. The van der Waals surface area contributed by atoms with Crippen molar-refractivity contribution in [2.75, 3.05) is 4.90 Å². The molecule has 0 spiro atoms. The van der Waals surface area contributed by atoms with E-state index in [4.69, 9.17) is 10.8 Å². The third-order valence-electron chi connectivity index (χ3n) is 2.48. The fourth-order valence-electron chi connectivity index (χ4n) is 1.53. The third-order valence-corrected chi connectivity index (χ3v) is 2.48. The Hall–Kier alpha value is -2.64. The van der Waals surface area contributed by atoms with Crippen molar-refractivity contribution < 1.29 is 24.3 Å². The summed E-state index contributed by atoms with van der Waals surface area (Å²) in [5.74, 6) is -2.36. The smallest absolute Gasteiger partial charge is 0.327 e. The van der Waals surface area contributed by atoms with Crippen molar-refractivity contribution in [1.29, 1.82) is 0 Å². The van der Waals surface area contributed by atoms with Crippen LogP contribution in [0, 0.1) is 0 Å². The van der Waals surface area contributed by atoms with Crippen molar-refractivity contribution in [3.05, 3.63) is 17.8 Å². The molecule has 0 saturated heterocycles. The second kappa shape index (κ2) is 5.80. The highest BCUT2D eigenvalue weighted by molar-refractivity contribution is 5.97. The van der Waals surface area contributed by atoms with Crippen LogP contribution in [-0.4, -0.2) is 40.2 Å². The lowest BCUT2D eigenvalue weighted by atomic mass is 10.1. The first-order valence-electron chi connectivity index (χ1n) is 5.31. The molecule has 0 radical (unpaired) electrons. The fourth-order valence-corrected chi connectivity index (χ4v) is 1.53. The number of carbonyl (C=O) groups is 4. The number of H-pyrrole nitrogens is 1. The summed E-state index contributed by atoms with van der Waals surface area (Å²) in [4.78, 5) is 47.5. The van der Waals surface area contributed by atoms with Gasteiger partial charge in [-0.2, -0.15) is 0 Å². The van der Waals surface area contributed by atoms with Gasteiger partial charge in [0.25, 0.3) is 0 Å². The minimum absolute atomic E-state index is 0.105. The van der Waals surface area contributed by atoms with Crippen LogP contribution in [0.25, 0.3) is 0 Å². The zero-order valence-electron chi connectivity index (χ0n) is 10.1. The second-order valence-corrected chi connectivity index (χ2v) is 3.87. The number of aromatic amines is 1. The number of nitrogens with two attached hydrogens (primary N) is 1. The summed E-state index contributed by atoms with van der Waals surface area (Å²) in [6.45, 7) is 1.33. The molecule has 1 unspecified atom stereocenters. The van der Waals surface area contributed by atoms with Crippen LogP contribution in [0.1, 0.15) is 23.7 Å². The number of nitrogens with one attached hydrogen (secondary N) is 1. The number of ketones is 1. The predicted octanol–water partition coefficient (Wildman–Crippen LogP) is -0.491. The van der Waals surface area contributed by atoms with Crippen molar-refractivity contribution in [2.24, 2.45) is 5.73 Å². The maximum atomic E-state index is 11.1. The Bertz CT molecular complexity index is 522. The number of amides is 2. The van der Waals surface area contributed by atoms with Crippen LogP contribution in [-0.2, 0) is 14.4 Å². The number of hydrogen-bond acceptors (Lipinski definition) is 4. The summed E-state index contributed by atoms with van der Waals surface area (Å²) in [5.41, 5.74) is 5.24. The molecule has 1 heterocycles. The van der Waals surface area contributed by atoms with Gasteiger partial charge in [0.15, 0.2) is 5.78 Å². The normalized spacial score (nSPS) is 11.6. The summed E-state index contributed by atoms with van der Waals surface area (Å²) in [6, 6.07) is -0.0957. The Balaban J connectivity index is 3.08. The number of anilines is 1. The van der Waals surface area contributed by atoms with Gasteiger partial charge >= 0.3 is 5.97 Å². The predicted molar refractivity (Wildman–Crippen MR) is 64.6 cm³/mol. The Morgan fingerprint density at radius 2 is 2.16 bits per heavy atom. The Morgan fingerprint density at radius 3 is 2.53 bits per heavy atom. The summed E-state index contributed by atoms with van der Waals surface area (Å²) < 4.78 is 0. The maximum absolute atomic E-state index is 11.1. The number of primary amides is 1. The third kappa shape index (κ3) is 3.41. The highest BCUT2D eigenvalue weighted by atomic mass is 16.4. The molecule has 1 aromatic heterocycles. The van der Waals surface area contributed by atoms with Crippen LogP contribution in [0.4, 0.5) is 5.82 Å². The van der Waals surface area contributed by atoms with E-state index in [-0.39, 0.29) is 18.0 Å². The second-order valence-electron chi connectivity index (χ2n) is 3.87. The largest absolute Gasteiger partial charge is 0.480 e. The van der Waals surface area contributed by atoms with Gasteiger partial charge in [0.2, 0.25) is 12.3 Å². The van der Waals surface area contributed by atoms with Crippen molar-refractivity contribution in [2.45, 2.75) is 19.4 Å². The highest BCUT2D eigenvalue weighted by Gasteiger charge is 2.28. The number of Topliss-reactive ketones (excluding diaryl/α,β-unsaturated/α-hetero) is 1. The van der Waals surface area contributed by atoms with Gasteiger partial charge < -0.3 is 15.8 Å². The molecule has 8 nitrogen and oxygen atoms in total. The maximum Gasteiger partial charge on any atom is 0.327 e. The molecule has 1 rings (SSSR count). The molecule has 0 aliphatic rings. The first-order chi connectivity index (χ1) is 8.86. The lowest BCUT2D eigenvalue weighted by Gasteiger charge is -2.22. The topological polar surface area (TPSA) is 134 Å². The molecule has 2 amide bonds. The number of aromatic nitrogens is 1. The van der Waals surface area contributed by atoms with Crippen molar-refractivity contribution in [3.8, 4) is 0 Å². The SMILES string of the molecule is CC(=O)c1c[nH]c(N(C=O)C(CC(N)=O)C(=O)O)c1. The van der Waals surface area contributed by atoms with E-state index in [1.807, 2.05) is 0 Å². The van der Waals surface area contributed by atoms with Crippen LogP contribution >= 0.6 is 0 Å². The standard InChI is InChI=1S/C11H13N3O5/c1-6(16)7-2-10(13-4-7)14(5-15)8(11(18)19)3-9(12)17/h2,4-5,8,13H,3H2,1H3,(H2,12,17)(H,18,19). The molecule has 0 saturated carbocycles. The number of carboxylic acid groups (broad SMARTS) is 1.